The number of H-pyrrole nitrogens is 2. The maximum absolute atomic E-state index is 12.6. The number of benzene rings is 2. The largest absolute Gasteiger partial charge is 0.384 e. The maximum atomic E-state index is 12.6. The van der Waals surface area contributed by atoms with Crippen molar-refractivity contribution in [3.63, 3.8) is 0 Å². The molecule has 2 aromatic carbocycles. The van der Waals surface area contributed by atoms with Crippen molar-refractivity contribution in [2.24, 2.45) is 0 Å². The maximum Gasteiger partial charge on any atom is 0.330 e. The molecule has 0 aliphatic heterocycles. The molecule has 4 rings (SSSR count). The predicted molar refractivity (Wildman–Crippen MR) is 132 cm³/mol. The van der Waals surface area contributed by atoms with Crippen LogP contribution in [0.3, 0.4) is 0 Å². The molecule has 0 bridgehead atoms. The van der Waals surface area contributed by atoms with Crippen LogP contribution >= 0.6 is 11.6 Å². The summed E-state index contributed by atoms with van der Waals surface area (Å²) in [6, 6.07) is 13.2. The number of halogens is 1. The van der Waals surface area contributed by atoms with Crippen LogP contribution in [0.25, 0.3) is 22.6 Å². The second kappa shape index (κ2) is 9.84. The van der Waals surface area contributed by atoms with Gasteiger partial charge in [0.15, 0.2) is 5.65 Å². The van der Waals surface area contributed by atoms with Gasteiger partial charge in [0.1, 0.15) is 11.3 Å². The van der Waals surface area contributed by atoms with Gasteiger partial charge < -0.3 is 10.3 Å². The molecule has 2 heterocycles. The van der Waals surface area contributed by atoms with Crippen LogP contribution in [-0.4, -0.2) is 41.0 Å². The van der Waals surface area contributed by atoms with E-state index in [0.29, 0.717) is 35.9 Å². The topological polar surface area (TPSA) is 142 Å². The lowest BCUT2D eigenvalue weighted by atomic mass is 10.2. The zero-order chi connectivity index (χ0) is 24.3. The highest BCUT2D eigenvalue weighted by molar-refractivity contribution is 7.89. The molecular formula is C22H23ClN6O4S. The number of hydrogen-bond donors (Lipinski definition) is 4. The molecule has 0 spiro atoms. The van der Waals surface area contributed by atoms with Crippen molar-refractivity contribution in [2.75, 3.05) is 18.4 Å². The fourth-order valence-electron chi connectivity index (χ4n) is 3.41. The van der Waals surface area contributed by atoms with Crippen molar-refractivity contribution in [1.29, 1.82) is 0 Å². The second-order valence-corrected chi connectivity index (χ2v) is 9.76. The van der Waals surface area contributed by atoms with E-state index in [4.69, 9.17) is 11.6 Å². The normalized spacial score (nSPS) is 11.7. The van der Waals surface area contributed by atoms with Gasteiger partial charge in [0.2, 0.25) is 10.0 Å². The molecule has 0 aliphatic carbocycles. The highest BCUT2D eigenvalue weighted by atomic mass is 35.5. The molecule has 0 fully saturated rings. The minimum absolute atomic E-state index is 0.0950. The van der Waals surface area contributed by atoms with Crippen LogP contribution in [-0.2, 0) is 16.6 Å². The van der Waals surface area contributed by atoms with Gasteiger partial charge in [-0.25, -0.2) is 22.9 Å². The van der Waals surface area contributed by atoms with Gasteiger partial charge in [-0.05, 0) is 55.0 Å². The zero-order valence-electron chi connectivity index (χ0n) is 18.3. The number of aromatic nitrogens is 4. The van der Waals surface area contributed by atoms with Gasteiger partial charge in [-0.1, -0.05) is 18.5 Å². The Labute approximate surface area is 200 Å². The van der Waals surface area contributed by atoms with Crippen molar-refractivity contribution in [3.8, 4) is 11.4 Å². The van der Waals surface area contributed by atoms with Crippen molar-refractivity contribution < 1.29 is 8.42 Å². The average molecular weight is 503 g/mol. The molecule has 10 nitrogen and oxygen atoms in total. The molecule has 0 atom stereocenters. The molecule has 4 N–H and O–H groups in total. The number of sulfonamides is 1. The number of rotatable bonds is 9. The number of nitrogens with zero attached hydrogens (tertiary/aromatic N) is 2. The molecule has 2 aromatic heterocycles. The van der Waals surface area contributed by atoms with Gasteiger partial charge in [0.25, 0.3) is 5.56 Å². The third kappa shape index (κ3) is 5.06. The van der Waals surface area contributed by atoms with Crippen molar-refractivity contribution in [2.45, 2.75) is 24.8 Å². The van der Waals surface area contributed by atoms with Crippen molar-refractivity contribution in [3.05, 3.63) is 74.4 Å². The van der Waals surface area contributed by atoms with Crippen LogP contribution in [0.4, 0.5) is 5.69 Å². The first-order chi connectivity index (χ1) is 16.3. The molecule has 0 saturated carbocycles. The van der Waals surface area contributed by atoms with Crippen LogP contribution in [0.2, 0.25) is 5.02 Å². The summed E-state index contributed by atoms with van der Waals surface area (Å²) in [5.41, 5.74) is 0.785. The molecular weight excluding hydrogens is 480 g/mol. The fourth-order valence-corrected chi connectivity index (χ4v) is 4.57. The minimum atomic E-state index is -3.71. The Balaban J connectivity index is 1.46. The first-order valence-electron chi connectivity index (χ1n) is 10.6. The number of hydrogen-bond acceptors (Lipinski definition) is 6. The summed E-state index contributed by atoms with van der Waals surface area (Å²) in [7, 11) is -3.71. The highest BCUT2D eigenvalue weighted by Gasteiger charge is 2.16. The van der Waals surface area contributed by atoms with Crippen molar-refractivity contribution in [1.82, 2.24) is 24.2 Å². The molecule has 4 aromatic rings. The van der Waals surface area contributed by atoms with Crippen LogP contribution in [0, 0.1) is 0 Å². The van der Waals surface area contributed by atoms with Crippen LogP contribution in [0.5, 0.6) is 0 Å². The van der Waals surface area contributed by atoms with Crippen LogP contribution in [0.1, 0.15) is 13.3 Å². The van der Waals surface area contributed by atoms with E-state index in [1.165, 1.54) is 12.1 Å². The first kappa shape index (κ1) is 23.7. The Kier molecular flexibility index (Phi) is 6.87. The lowest BCUT2D eigenvalue weighted by molar-refractivity contribution is 0.583. The summed E-state index contributed by atoms with van der Waals surface area (Å²) in [5, 5.41) is 3.73. The van der Waals surface area contributed by atoms with E-state index in [9.17, 15) is 18.0 Å². The van der Waals surface area contributed by atoms with Crippen LogP contribution in [0.15, 0.2) is 63.0 Å². The standard InChI is InChI=1S/C22H23ClN6O4S/c1-2-13-29-21(30)18-20(28-22(29)31)27-19(26-18)14-3-9-17(10-4-14)34(32,33)25-12-11-24-16-7-5-15(23)6-8-16/h3-10,24-25H,2,11-13H2,1H3,(H,26,27)(H,28,31). The molecule has 0 unspecified atom stereocenters. The van der Waals surface area contributed by atoms with E-state index in [0.717, 1.165) is 10.3 Å². The van der Waals surface area contributed by atoms with Gasteiger partial charge >= 0.3 is 5.69 Å². The molecule has 178 valence electrons. The Morgan fingerprint density at radius 3 is 2.38 bits per heavy atom. The number of anilines is 1. The summed E-state index contributed by atoms with van der Waals surface area (Å²) in [6.45, 7) is 2.75. The minimum Gasteiger partial charge on any atom is -0.384 e. The van der Waals surface area contributed by atoms with E-state index >= 15 is 0 Å². The first-order valence-corrected chi connectivity index (χ1v) is 12.5. The monoisotopic (exact) mass is 502 g/mol. The summed E-state index contributed by atoms with van der Waals surface area (Å²) in [6.07, 6.45) is 0.636. The molecule has 0 saturated heterocycles. The molecule has 0 radical (unpaired) electrons. The Hall–Kier alpha value is -3.41. The summed E-state index contributed by atoms with van der Waals surface area (Å²) in [4.78, 5) is 34.6. The third-order valence-electron chi connectivity index (χ3n) is 5.11. The second-order valence-electron chi connectivity index (χ2n) is 7.55. The average Bonchev–Trinajstić information content (AvgIpc) is 3.25. The lowest BCUT2D eigenvalue weighted by Gasteiger charge is -2.09. The number of imidazole rings is 1. The number of aromatic amines is 2. The quantitative estimate of drug-likeness (QED) is 0.259. The number of fused-ring (bicyclic) bond motifs is 1. The molecule has 0 aliphatic rings. The molecule has 12 heteroatoms. The number of nitrogens with one attached hydrogen (secondary N) is 4. The van der Waals surface area contributed by atoms with E-state index in [1.54, 1.807) is 24.3 Å². The van der Waals surface area contributed by atoms with E-state index < -0.39 is 21.3 Å². The van der Waals surface area contributed by atoms with Crippen molar-refractivity contribution >= 4 is 38.5 Å². The van der Waals surface area contributed by atoms with Gasteiger partial charge in [-0.2, -0.15) is 0 Å². The third-order valence-corrected chi connectivity index (χ3v) is 6.84. The molecule has 34 heavy (non-hydrogen) atoms. The summed E-state index contributed by atoms with van der Waals surface area (Å²) >= 11 is 5.85. The van der Waals surface area contributed by atoms with Gasteiger partial charge in [0, 0.05) is 35.9 Å². The van der Waals surface area contributed by atoms with Gasteiger partial charge in [-0.15, -0.1) is 0 Å². The predicted octanol–water partition coefficient (Wildman–Crippen LogP) is 2.53. The Morgan fingerprint density at radius 1 is 1.00 bits per heavy atom. The lowest BCUT2D eigenvalue weighted by Crippen LogP contribution is -2.34. The Morgan fingerprint density at radius 2 is 1.71 bits per heavy atom. The van der Waals surface area contributed by atoms with E-state index in [1.807, 2.05) is 19.1 Å². The van der Waals surface area contributed by atoms with E-state index in [2.05, 4.69) is 25.0 Å². The SMILES string of the molecule is CCCn1c(=O)[nH]c2nc(-c3ccc(S(=O)(=O)NCCNc4ccc(Cl)cc4)cc3)[nH]c2c1=O. The summed E-state index contributed by atoms with van der Waals surface area (Å²) in [5.74, 6) is 0.348. The smallest absolute Gasteiger partial charge is 0.330 e. The Bertz CT molecular complexity index is 1520. The van der Waals surface area contributed by atoms with E-state index in [-0.39, 0.29) is 22.6 Å². The molecule has 0 amide bonds. The summed E-state index contributed by atoms with van der Waals surface area (Å²) < 4.78 is 28.9. The highest BCUT2D eigenvalue weighted by Crippen LogP contribution is 2.20. The van der Waals surface area contributed by atoms with Gasteiger partial charge in [-0.3, -0.25) is 14.3 Å². The van der Waals surface area contributed by atoms with Gasteiger partial charge in [0.05, 0.1) is 4.90 Å². The van der Waals surface area contributed by atoms with Crippen LogP contribution < -0.4 is 21.3 Å². The zero-order valence-corrected chi connectivity index (χ0v) is 19.8. The fraction of sp³-hybridized carbons (Fsp3) is 0.227.